The van der Waals surface area contributed by atoms with Crippen molar-refractivity contribution < 1.29 is 9.53 Å². The number of esters is 1. The van der Waals surface area contributed by atoms with E-state index in [9.17, 15) is 4.79 Å². The molecule has 0 spiro atoms. The second-order valence-electron chi connectivity index (χ2n) is 6.19. The summed E-state index contributed by atoms with van der Waals surface area (Å²) in [5, 5.41) is 4.36. The van der Waals surface area contributed by atoms with Gasteiger partial charge in [-0.05, 0) is 51.0 Å². The molecule has 25 heavy (non-hydrogen) atoms. The zero-order valence-electron chi connectivity index (χ0n) is 15.0. The first-order valence-corrected chi connectivity index (χ1v) is 8.41. The molecule has 0 saturated heterocycles. The molecule has 0 fully saturated rings. The van der Waals surface area contributed by atoms with E-state index in [0.717, 1.165) is 39.0 Å². The molecular formula is C21H22N2O2. The average Bonchev–Trinajstić information content (AvgIpc) is 2.57. The number of fused-ring (bicyclic) bond motifs is 1. The molecule has 3 aromatic rings. The molecule has 4 heteroatoms. The van der Waals surface area contributed by atoms with E-state index in [0.29, 0.717) is 12.2 Å². The third kappa shape index (κ3) is 3.33. The highest BCUT2D eigenvalue weighted by Crippen LogP contribution is 2.32. The van der Waals surface area contributed by atoms with Gasteiger partial charge in [-0.15, -0.1) is 0 Å². The van der Waals surface area contributed by atoms with Gasteiger partial charge in [0.25, 0.3) is 0 Å². The summed E-state index contributed by atoms with van der Waals surface area (Å²) < 4.78 is 5.23. The quantitative estimate of drug-likeness (QED) is 0.676. The van der Waals surface area contributed by atoms with Crippen molar-refractivity contribution in [1.82, 2.24) is 4.98 Å². The van der Waals surface area contributed by atoms with Crippen molar-refractivity contribution >= 4 is 28.2 Å². The fourth-order valence-electron chi connectivity index (χ4n) is 3.01. The summed E-state index contributed by atoms with van der Waals surface area (Å²) in [5.74, 6) is -0.368. The molecular weight excluding hydrogens is 312 g/mol. The Morgan fingerprint density at radius 3 is 2.60 bits per heavy atom. The number of ether oxygens (including phenoxy) is 1. The van der Waals surface area contributed by atoms with Gasteiger partial charge in [0.2, 0.25) is 0 Å². The lowest BCUT2D eigenvalue weighted by Crippen LogP contribution is -2.10. The van der Waals surface area contributed by atoms with Crippen LogP contribution in [0.3, 0.4) is 0 Å². The summed E-state index contributed by atoms with van der Waals surface area (Å²) in [6.07, 6.45) is 1.60. The molecule has 0 radical (unpaired) electrons. The van der Waals surface area contributed by atoms with Crippen LogP contribution in [0.15, 0.2) is 42.6 Å². The molecule has 0 aliphatic rings. The van der Waals surface area contributed by atoms with Gasteiger partial charge in [0, 0.05) is 17.3 Å². The minimum Gasteiger partial charge on any atom is -0.462 e. The van der Waals surface area contributed by atoms with Crippen molar-refractivity contribution in [1.29, 1.82) is 0 Å². The summed E-state index contributed by atoms with van der Waals surface area (Å²) >= 11 is 0. The predicted octanol–water partition coefficient (Wildman–Crippen LogP) is 5.08. The number of carbonyl (C=O) groups is 1. The lowest BCUT2D eigenvalue weighted by molar-refractivity contribution is 0.0527. The van der Waals surface area contributed by atoms with Crippen LogP contribution in [0.2, 0.25) is 0 Å². The number of pyridine rings is 1. The Morgan fingerprint density at radius 2 is 1.88 bits per heavy atom. The largest absolute Gasteiger partial charge is 0.462 e. The maximum atomic E-state index is 12.5. The molecule has 0 amide bonds. The summed E-state index contributed by atoms with van der Waals surface area (Å²) in [5.41, 5.74) is 6.34. The van der Waals surface area contributed by atoms with E-state index in [1.165, 1.54) is 0 Å². The van der Waals surface area contributed by atoms with Crippen molar-refractivity contribution in [2.75, 3.05) is 11.9 Å². The molecule has 1 aromatic heterocycles. The fraction of sp³-hybridized carbons (Fsp3) is 0.238. The number of benzene rings is 2. The van der Waals surface area contributed by atoms with Crippen LogP contribution in [-0.4, -0.2) is 17.6 Å². The number of rotatable bonds is 4. The molecule has 0 aliphatic carbocycles. The summed E-state index contributed by atoms with van der Waals surface area (Å²) in [4.78, 5) is 17.0. The first-order valence-electron chi connectivity index (χ1n) is 8.41. The van der Waals surface area contributed by atoms with Gasteiger partial charge in [-0.3, -0.25) is 4.98 Å². The highest BCUT2D eigenvalue weighted by molar-refractivity contribution is 6.06. The van der Waals surface area contributed by atoms with Gasteiger partial charge in [-0.1, -0.05) is 29.8 Å². The minimum absolute atomic E-state index is 0.327. The second kappa shape index (κ2) is 6.93. The maximum absolute atomic E-state index is 12.5. The standard InChI is InChI=1S/C21H22N2O2/c1-5-25-21(24)17-12-22-19-15(4)10-13(2)11-16(19)20(17)23-18-9-7-6-8-14(18)3/h6-12H,5H2,1-4H3,(H,22,23). The van der Waals surface area contributed by atoms with E-state index in [1.807, 2.05) is 45.0 Å². The number of nitrogens with zero attached hydrogens (tertiary/aromatic N) is 1. The van der Waals surface area contributed by atoms with E-state index in [4.69, 9.17) is 4.74 Å². The van der Waals surface area contributed by atoms with E-state index in [-0.39, 0.29) is 5.97 Å². The van der Waals surface area contributed by atoms with Crippen LogP contribution < -0.4 is 5.32 Å². The summed E-state index contributed by atoms with van der Waals surface area (Å²) in [6, 6.07) is 12.1. The first kappa shape index (κ1) is 17.0. The molecule has 4 nitrogen and oxygen atoms in total. The molecule has 0 saturated carbocycles. The van der Waals surface area contributed by atoms with E-state index in [2.05, 4.69) is 22.4 Å². The SMILES string of the molecule is CCOC(=O)c1cnc2c(C)cc(C)cc2c1Nc1ccccc1C. The Morgan fingerprint density at radius 1 is 1.12 bits per heavy atom. The maximum Gasteiger partial charge on any atom is 0.341 e. The van der Waals surface area contributed by atoms with Crippen molar-refractivity contribution in [3.8, 4) is 0 Å². The number of carbonyl (C=O) groups excluding carboxylic acids is 1. The normalized spacial score (nSPS) is 10.7. The first-order chi connectivity index (χ1) is 12.0. The third-order valence-corrected chi connectivity index (χ3v) is 4.21. The van der Waals surface area contributed by atoms with Gasteiger partial charge in [0.05, 0.1) is 17.8 Å². The molecule has 1 heterocycles. The Bertz CT molecular complexity index is 948. The second-order valence-corrected chi connectivity index (χ2v) is 6.19. The van der Waals surface area contributed by atoms with Gasteiger partial charge >= 0.3 is 5.97 Å². The van der Waals surface area contributed by atoms with Crippen LogP contribution in [0.5, 0.6) is 0 Å². The van der Waals surface area contributed by atoms with E-state index < -0.39 is 0 Å². The van der Waals surface area contributed by atoms with Crippen LogP contribution in [0.4, 0.5) is 11.4 Å². The molecule has 3 rings (SSSR count). The van der Waals surface area contributed by atoms with Crippen molar-refractivity contribution in [2.24, 2.45) is 0 Å². The molecule has 0 unspecified atom stereocenters. The lowest BCUT2D eigenvalue weighted by Gasteiger charge is -2.16. The predicted molar refractivity (Wildman–Crippen MR) is 102 cm³/mol. The zero-order valence-corrected chi connectivity index (χ0v) is 15.0. The van der Waals surface area contributed by atoms with Gasteiger partial charge < -0.3 is 10.1 Å². The number of hydrogen-bond acceptors (Lipinski definition) is 4. The Labute approximate surface area is 147 Å². The van der Waals surface area contributed by atoms with Crippen LogP contribution in [-0.2, 0) is 4.74 Å². The summed E-state index contributed by atoms with van der Waals surface area (Å²) in [7, 11) is 0. The number of aryl methyl sites for hydroxylation is 3. The van der Waals surface area contributed by atoms with Crippen LogP contribution in [0, 0.1) is 20.8 Å². The Kier molecular flexibility index (Phi) is 4.70. The van der Waals surface area contributed by atoms with Gasteiger partial charge in [-0.25, -0.2) is 4.79 Å². The van der Waals surface area contributed by atoms with Gasteiger partial charge in [0.1, 0.15) is 5.56 Å². The summed E-state index contributed by atoms with van der Waals surface area (Å²) in [6.45, 7) is 8.24. The molecule has 0 aliphatic heterocycles. The molecule has 0 atom stereocenters. The topological polar surface area (TPSA) is 51.2 Å². The van der Waals surface area contributed by atoms with E-state index in [1.54, 1.807) is 13.1 Å². The average molecular weight is 334 g/mol. The number of anilines is 2. The highest BCUT2D eigenvalue weighted by atomic mass is 16.5. The monoisotopic (exact) mass is 334 g/mol. The molecule has 2 aromatic carbocycles. The zero-order chi connectivity index (χ0) is 18.0. The highest BCUT2D eigenvalue weighted by Gasteiger charge is 2.18. The van der Waals surface area contributed by atoms with Crippen LogP contribution in [0.25, 0.3) is 10.9 Å². The lowest BCUT2D eigenvalue weighted by atomic mass is 10.0. The van der Waals surface area contributed by atoms with Crippen molar-refractivity contribution in [3.63, 3.8) is 0 Å². The smallest absolute Gasteiger partial charge is 0.341 e. The Hall–Kier alpha value is -2.88. The van der Waals surface area contributed by atoms with Crippen molar-refractivity contribution in [2.45, 2.75) is 27.7 Å². The van der Waals surface area contributed by atoms with E-state index >= 15 is 0 Å². The number of hydrogen-bond donors (Lipinski definition) is 1. The number of aromatic nitrogens is 1. The van der Waals surface area contributed by atoms with Gasteiger partial charge in [-0.2, -0.15) is 0 Å². The molecule has 0 bridgehead atoms. The van der Waals surface area contributed by atoms with Gasteiger partial charge in [0.15, 0.2) is 0 Å². The van der Waals surface area contributed by atoms with Crippen LogP contribution in [0.1, 0.15) is 34.0 Å². The molecule has 128 valence electrons. The van der Waals surface area contributed by atoms with Crippen molar-refractivity contribution in [3.05, 3.63) is 64.8 Å². The van der Waals surface area contributed by atoms with Crippen LogP contribution >= 0.6 is 0 Å². The Balaban J connectivity index is 2.25. The number of para-hydroxylation sites is 1. The fourth-order valence-corrected chi connectivity index (χ4v) is 3.01. The minimum atomic E-state index is -0.368. The molecule has 1 N–H and O–H groups in total. The number of nitrogens with one attached hydrogen (secondary N) is 1. The third-order valence-electron chi connectivity index (χ3n) is 4.21.